The molecule has 158 valence electrons. The zero-order valence-electron chi connectivity index (χ0n) is 17.8. The molecule has 0 aliphatic carbocycles. The molecule has 28 heavy (non-hydrogen) atoms. The van der Waals surface area contributed by atoms with E-state index < -0.39 is 0 Å². The Bertz CT molecular complexity index is 655. The highest BCUT2D eigenvalue weighted by atomic mass is 32.2. The summed E-state index contributed by atoms with van der Waals surface area (Å²) >= 11 is 1.47. The van der Waals surface area contributed by atoms with Crippen molar-refractivity contribution in [2.75, 3.05) is 46.0 Å². The predicted molar refractivity (Wildman–Crippen MR) is 111 cm³/mol. The second-order valence-electron chi connectivity index (χ2n) is 7.41. The lowest BCUT2D eigenvalue weighted by Crippen LogP contribution is -2.50. The fourth-order valence-electron chi connectivity index (χ4n) is 3.45. The largest absolute Gasteiger partial charge is 0.339 e. The van der Waals surface area contributed by atoms with E-state index in [0.717, 1.165) is 36.8 Å². The van der Waals surface area contributed by atoms with E-state index in [9.17, 15) is 9.59 Å². The van der Waals surface area contributed by atoms with E-state index in [-0.39, 0.29) is 17.9 Å². The van der Waals surface area contributed by atoms with Crippen molar-refractivity contribution in [3.05, 3.63) is 5.82 Å². The second-order valence-corrected chi connectivity index (χ2v) is 8.35. The molecule has 2 amide bonds. The van der Waals surface area contributed by atoms with Crippen molar-refractivity contribution < 1.29 is 9.59 Å². The van der Waals surface area contributed by atoms with Crippen LogP contribution in [0.2, 0.25) is 0 Å². The molecule has 1 atom stereocenters. The number of piperazine rings is 1. The van der Waals surface area contributed by atoms with E-state index >= 15 is 0 Å². The monoisotopic (exact) mass is 410 g/mol. The summed E-state index contributed by atoms with van der Waals surface area (Å²) in [5.41, 5.74) is 0. The molecular formula is C19H34N6O2S. The van der Waals surface area contributed by atoms with Crippen LogP contribution in [0.5, 0.6) is 0 Å². The molecule has 0 aromatic carbocycles. The molecule has 1 fully saturated rings. The van der Waals surface area contributed by atoms with E-state index in [1.54, 1.807) is 11.8 Å². The van der Waals surface area contributed by atoms with Gasteiger partial charge in [-0.1, -0.05) is 32.0 Å². The SMILES string of the molecule is CCCCn1c(SCC(=O)N2CCN(C(C)=O)CC2)nnc1C(CC)N(C)C. The first-order valence-electron chi connectivity index (χ1n) is 10.1. The van der Waals surface area contributed by atoms with Gasteiger partial charge >= 0.3 is 0 Å². The summed E-state index contributed by atoms with van der Waals surface area (Å²) in [4.78, 5) is 29.8. The van der Waals surface area contributed by atoms with Crippen LogP contribution in [-0.2, 0) is 16.1 Å². The summed E-state index contributed by atoms with van der Waals surface area (Å²) in [6, 6.07) is 0.217. The topological polar surface area (TPSA) is 74.6 Å². The Labute approximate surface area is 172 Å². The molecule has 0 bridgehead atoms. The fourth-order valence-corrected chi connectivity index (χ4v) is 4.32. The molecule has 0 N–H and O–H groups in total. The number of rotatable bonds is 9. The van der Waals surface area contributed by atoms with Crippen molar-refractivity contribution in [1.82, 2.24) is 29.5 Å². The minimum absolute atomic E-state index is 0.0735. The number of thioether (sulfide) groups is 1. The molecule has 8 nitrogen and oxygen atoms in total. The average molecular weight is 411 g/mol. The maximum atomic E-state index is 12.6. The van der Waals surface area contributed by atoms with Gasteiger partial charge in [0, 0.05) is 39.6 Å². The van der Waals surface area contributed by atoms with Crippen molar-refractivity contribution in [2.45, 2.75) is 57.8 Å². The molecule has 0 saturated carbocycles. The summed E-state index contributed by atoms with van der Waals surface area (Å²) in [5.74, 6) is 1.50. The molecular weight excluding hydrogens is 376 g/mol. The minimum Gasteiger partial charge on any atom is -0.339 e. The maximum Gasteiger partial charge on any atom is 0.233 e. The van der Waals surface area contributed by atoms with Crippen molar-refractivity contribution in [2.24, 2.45) is 0 Å². The van der Waals surface area contributed by atoms with Gasteiger partial charge in [0.1, 0.15) is 0 Å². The van der Waals surface area contributed by atoms with Crippen LogP contribution in [0, 0.1) is 0 Å². The molecule has 0 spiro atoms. The fraction of sp³-hybridized carbons (Fsp3) is 0.789. The third kappa shape index (κ3) is 5.70. The molecule has 1 aliphatic heterocycles. The van der Waals surface area contributed by atoms with E-state index in [1.165, 1.54) is 11.8 Å². The normalized spacial score (nSPS) is 15.9. The lowest BCUT2D eigenvalue weighted by molar-refractivity contribution is -0.136. The lowest BCUT2D eigenvalue weighted by atomic mass is 10.2. The number of nitrogens with zero attached hydrogens (tertiary/aromatic N) is 6. The molecule has 1 aliphatic rings. The van der Waals surface area contributed by atoms with Crippen LogP contribution < -0.4 is 0 Å². The Morgan fingerprint density at radius 2 is 1.75 bits per heavy atom. The molecule has 1 saturated heterocycles. The first-order valence-corrected chi connectivity index (χ1v) is 11.1. The first-order chi connectivity index (χ1) is 13.4. The van der Waals surface area contributed by atoms with Crippen molar-refractivity contribution in [3.63, 3.8) is 0 Å². The Balaban J connectivity index is 2.02. The van der Waals surface area contributed by atoms with Gasteiger partial charge in [-0.2, -0.15) is 0 Å². The van der Waals surface area contributed by atoms with Gasteiger partial charge in [-0.3, -0.25) is 14.5 Å². The Kier molecular flexibility index (Phi) is 8.75. The highest BCUT2D eigenvalue weighted by molar-refractivity contribution is 7.99. The maximum absolute atomic E-state index is 12.6. The summed E-state index contributed by atoms with van der Waals surface area (Å²) in [7, 11) is 4.12. The molecule has 1 aromatic heterocycles. The van der Waals surface area contributed by atoms with Crippen LogP contribution in [-0.4, -0.2) is 87.3 Å². The Morgan fingerprint density at radius 3 is 2.29 bits per heavy atom. The summed E-state index contributed by atoms with van der Waals surface area (Å²) in [5, 5.41) is 9.68. The number of carbonyl (C=O) groups excluding carboxylic acids is 2. The average Bonchev–Trinajstić information content (AvgIpc) is 3.07. The second kappa shape index (κ2) is 10.8. The van der Waals surface area contributed by atoms with Gasteiger partial charge in [-0.05, 0) is 26.9 Å². The smallest absolute Gasteiger partial charge is 0.233 e. The summed E-state index contributed by atoms with van der Waals surface area (Å²) < 4.78 is 2.18. The van der Waals surface area contributed by atoms with Crippen molar-refractivity contribution in [1.29, 1.82) is 0 Å². The predicted octanol–water partition coefficient (Wildman–Crippen LogP) is 1.87. The van der Waals surface area contributed by atoms with Crippen LogP contribution in [0.15, 0.2) is 5.16 Å². The number of hydrogen-bond acceptors (Lipinski definition) is 6. The van der Waals surface area contributed by atoms with Crippen LogP contribution in [0.4, 0.5) is 0 Å². The van der Waals surface area contributed by atoms with Crippen molar-refractivity contribution >= 4 is 23.6 Å². The van der Waals surface area contributed by atoms with Gasteiger partial charge in [0.05, 0.1) is 11.8 Å². The van der Waals surface area contributed by atoms with Crippen LogP contribution in [0.3, 0.4) is 0 Å². The van der Waals surface area contributed by atoms with Gasteiger partial charge in [-0.25, -0.2) is 0 Å². The van der Waals surface area contributed by atoms with E-state index in [2.05, 4.69) is 47.6 Å². The summed E-state index contributed by atoms with van der Waals surface area (Å²) in [6.45, 7) is 9.21. The molecule has 0 radical (unpaired) electrons. The van der Waals surface area contributed by atoms with Crippen molar-refractivity contribution in [3.8, 4) is 0 Å². The van der Waals surface area contributed by atoms with Gasteiger partial charge in [-0.15, -0.1) is 10.2 Å². The number of hydrogen-bond donors (Lipinski definition) is 0. The van der Waals surface area contributed by atoms with Gasteiger partial charge in [0.25, 0.3) is 0 Å². The molecule has 2 rings (SSSR count). The highest BCUT2D eigenvalue weighted by Crippen LogP contribution is 2.26. The number of unbranched alkanes of at least 4 members (excludes halogenated alkanes) is 1. The van der Waals surface area contributed by atoms with Crippen LogP contribution in [0.1, 0.15) is 51.9 Å². The summed E-state index contributed by atoms with van der Waals surface area (Å²) in [6.07, 6.45) is 3.12. The minimum atomic E-state index is 0.0735. The van der Waals surface area contributed by atoms with Gasteiger partial charge < -0.3 is 14.4 Å². The standard InChI is InChI=1S/C19H34N6O2S/c1-6-8-9-25-18(16(7-2)22(4)5)20-21-19(25)28-14-17(27)24-12-10-23(11-13-24)15(3)26/h16H,6-14H2,1-5H3. The third-order valence-corrected chi connectivity index (χ3v) is 6.14. The quantitative estimate of drug-likeness (QED) is 0.579. The van der Waals surface area contributed by atoms with E-state index in [0.29, 0.717) is 31.9 Å². The van der Waals surface area contributed by atoms with E-state index in [1.807, 2.05) is 4.90 Å². The molecule has 1 unspecified atom stereocenters. The lowest BCUT2D eigenvalue weighted by Gasteiger charge is -2.34. The molecule has 9 heteroatoms. The zero-order valence-corrected chi connectivity index (χ0v) is 18.7. The third-order valence-electron chi connectivity index (χ3n) is 5.19. The van der Waals surface area contributed by atoms with Gasteiger partial charge in [0.2, 0.25) is 11.8 Å². The molecule has 2 heterocycles. The van der Waals surface area contributed by atoms with E-state index in [4.69, 9.17) is 0 Å². The Hall–Kier alpha value is -1.61. The van der Waals surface area contributed by atoms with Crippen LogP contribution in [0.25, 0.3) is 0 Å². The number of carbonyl (C=O) groups is 2. The van der Waals surface area contributed by atoms with Gasteiger partial charge in [0.15, 0.2) is 11.0 Å². The van der Waals surface area contributed by atoms with Crippen LogP contribution >= 0.6 is 11.8 Å². The Morgan fingerprint density at radius 1 is 1.11 bits per heavy atom. The zero-order chi connectivity index (χ0) is 20.7. The number of aromatic nitrogens is 3. The molecule has 1 aromatic rings. The number of amides is 2. The highest BCUT2D eigenvalue weighted by Gasteiger charge is 2.25. The first kappa shape index (κ1) is 22.7.